The minimum Gasteiger partial charge on any atom is -0.481 e. The van der Waals surface area contributed by atoms with Crippen LogP contribution < -0.4 is 0 Å². The van der Waals surface area contributed by atoms with Crippen LogP contribution in [0.5, 0.6) is 0 Å². The van der Waals surface area contributed by atoms with Gasteiger partial charge in [0.1, 0.15) is 11.9 Å². The van der Waals surface area contributed by atoms with Crippen LogP contribution in [0.15, 0.2) is 12.1 Å². The Bertz CT molecular complexity index is 449. The van der Waals surface area contributed by atoms with Crippen LogP contribution in [0.3, 0.4) is 0 Å². The standard InChI is InChI=1S/C11H10FNO2/c1-6-9(7(2)11(14)15)4-3-8(5-13)10(6)12/h3-4,7H,1-2H3,(H,14,15). The largest absolute Gasteiger partial charge is 0.481 e. The molecule has 1 rings (SSSR count). The van der Waals surface area contributed by atoms with Gasteiger partial charge in [-0.25, -0.2) is 4.39 Å². The van der Waals surface area contributed by atoms with Gasteiger partial charge in [0.25, 0.3) is 0 Å². The molecule has 0 aliphatic heterocycles. The first-order valence-electron chi connectivity index (χ1n) is 4.41. The Balaban J connectivity index is 3.31. The summed E-state index contributed by atoms with van der Waals surface area (Å²) in [5, 5.41) is 17.4. The predicted molar refractivity (Wildman–Crippen MR) is 51.9 cm³/mol. The fourth-order valence-corrected chi connectivity index (χ4v) is 1.39. The van der Waals surface area contributed by atoms with Crippen molar-refractivity contribution < 1.29 is 14.3 Å². The fraction of sp³-hybridized carbons (Fsp3) is 0.273. The van der Waals surface area contributed by atoms with Gasteiger partial charge in [-0.1, -0.05) is 6.07 Å². The molecule has 0 heterocycles. The summed E-state index contributed by atoms with van der Waals surface area (Å²) >= 11 is 0. The summed E-state index contributed by atoms with van der Waals surface area (Å²) in [4.78, 5) is 10.7. The van der Waals surface area contributed by atoms with Crippen molar-refractivity contribution in [2.45, 2.75) is 19.8 Å². The number of nitrogens with zero attached hydrogens (tertiary/aromatic N) is 1. The molecule has 4 heteroatoms. The third kappa shape index (κ3) is 1.96. The van der Waals surface area contributed by atoms with Gasteiger partial charge in [0, 0.05) is 0 Å². The lowest BCUT2D eigenvalue weighted by Gasteiger charge is -2.11. The number of carboxylic acids is 1. The monoisotopic (exact) mass is 207 g/mol. The van der Waals surface area contributed by atoms with Crippen molar-refractivity contribution >= 4 is 5.97 Å². The van der Waals surface area contributed by atoms with E-state index in [0.29, 0.717) is 5.56 Å². The van der Waals surface area contributed by atoms with Gasteiger partial charge in [0.2, 0.25) is 0 Å². The molecule has 0 aliphatic carbocycles. The maximum absolute atomic E-state index is 13.5. The highest BCUT2D eigenvalue weighted by molar-refractivity contribution is 5.76. The van der Waals surface area contributed by atoms with Gasteiger partial charge in [-0.2, -0.15) is 5.26 Å². The van der Waals surface area contributed by atoms with E-state index < -0.39 is 17.7 Å². The number of aliphatic carboxylic acids is 1. The molecule has 0 saturated heterocycles. The Morgan fingerprint density at radius 3 is 2.67 bits per heavy atom. The molecular formula is C11H10FNO2. The van der Waals surface area contributed by atoms with Gasteiger partial charge >= 0.3 is 5.97 Å². The van der Waals surface area contributed by atoms with Crippen molar-refractivity contribution in [3.63, 3.8) is 0 Å². The molecule has 0 radical (unpaired) electrons. The zero-order valence-corrected chi connectivity index (χ0v) is 8.41. The lowest BCUT2D eigenvalue weighted by Crippen LogP contribution is -2.10. The maximum Gasteiger partial charge on any atom is 0.310 e. The smallest absolute Gasteiger partial charge is 0.310 e. The van der Waals surface area contributed by atoms with Gasteiger partial charge in [0.05, 0.1) is 11.5 Å². The number of carboxylic acid groups (broad SMARTS) is 1. The maximum atomic E-state index is 13.5. The molecule has 1 aromatic rings. The van der Waals surface area contributed by atoms with E-state index in [1.54, 1.807) is 6.07 Å². The third-order valence-electron chi connectivity index (χ3n) is 2.39. The first-order valence-corrected chi connectivity index (χ1v) is 4.41. The Kier molecular flexibility index (Phi) is 3.05. The van der Waals surface area contributed by atoms with E-state index in [1.807, 2.05) is 0 Å². The summed E-state index contributed by atoms with van der Waals surface area (Å²) in [6.45, 7) is 2.96. The summed E-state index contributed by atoms with van der Waals surface area (Å²) in [6.07, 6.45) is 0. The number of carbonyl (C=O) groups is 1. The highest BCUT2D eigenvalue weighted by Crippen LogP contribution is 2.23. The van der Waals surface area contributed by atoms with Crippen LogP contribution in [0, 0.1) is 24.1 Å². The van der Waals surface area contributed by atoms with Crippen molar-refractivity contribution in [1.82, 2.24) is 0 Å². The van der Waals surface area contributed by atoms with Crippen LogP contribution >= 0.6 is 0 Å². The number of benzene rings is 1. The van der Waals surface area contributed by atoms with Crippen LogP contribution in [-0.4, -0.2) is 11.1 Å². The van der Waals surface area contributed by atoms with Crippen molar-refractivity contribution in [3.05, 3.63) is 34.6 Å². The Hall–Kier alpha value is -1.89. The minimum atomic E-state index is -1.01. The van der Waals surface area contributed by atoms with Crippen molar-refractivity contribution in [3.8, 4) is 6.07 Å². The van der Waals surface area contributed by atoms with E-state index >= 15 is 0 Å². The van der Waals surface area contributed by atoms with Gasteiger partial charge in [-0.05, 0) is 31.0 Å². The quantitative estimate of drug-likeness (QED) is 0.808. The molecule has 3 nitrogen and oxygen atoms in total. The number of hydrogen-bond donors (Lipinski definition) is 1. The summed E-state index contributed by atoms with van der Waals surface area (Å²) in [5.74, 6) is -2.42. The molecular weight excluding hydrogens is 197 g/mol. The van der Waals surface area contributed by atoms with Crippen molar-refractivity contribution in [1.29, 1.82) is 5.26 Å². The van der Waals surface area contributed by atoms with Gasteiger partial charge in [-0.3, -0.25) is 4.79 Å². The molecule has 0 saturated carbocycles. The second kappa shape index (κ2) is 4.09. The first kappa shape index (κ1) is 11.2. The fourth-order valence-electron chi connectivity index (χ4n) is 1.39. The van der Waals surface area contributed by atoms with E-state index in [4.69, 9.17) is 10.4 Å². The number of hydrogen-bond acceptors (Lipinski definition) is 2. The second-order valence-corrected chi connectivity index (χ2v) is 3.31. The summed E-state index contributed by atoms with van der Waals surface area (Å²) in [7, 11) is 0. The normalized spacial score (nSPS) is 11.9. The van der Waals surface area contributed by atoms with Gasteiger partial charge < -0.3 is 5.11 Å². The summed E-state index contributed by atoms with van der Waals surface area (Å²) in [6, 6.07) is 4.49. The highest BCUT2D eigenvalue weighted by atomic mass is 19.1. The Morgan fingerprint density at radius 1 is 1.60 bits per heavy atom. The molecule has 0 aliphatic rings. The minimum absolute atomic E-state index is 0.0613. The van der Waals surface area contributed by atoms with Gasteiger partial charge in [-0.15, -0.1) is 0 Å². The van der Waals surface area contributed by atoms with Crippen LogP contribution in [0.4, 0.5) is 4.39 Å². The predicted octanol–water partition coefficient (Wildman–Crippen LogP) is 2.19. The molecule has 0 amide bonds. The van der Waals surface area contributed by atoms with E-state index in [-0.39, 0.29) is 11.1 Å². The highest BCUT2D eigenvalue weighted by Gasteiger charge is 2.19. The van der Waals surface area contributed by atoms with E-state index in [2.05, 4.69) is 0 Å². The second-order valence-electron chi connectivity index (χ2n) is 3.31. The molecule has 0 bridgehead atoms. The molecule has 0 aromatic heterocycles. The van der Waals surface area contributed by atoms with E-state index in [0.717, 1.165) is 0 Å². The molecule has 15 heavy (non-hydrogen) atoms. The SMILES string of the molecule is Cc1c(C(C)C(=O)O)ccc(C#N)c1F. The molecule has 0 spiro atoms. The molecule has 1 atom stereocenters. The Morgan fingerprint density at radius 2 is 2.20 bits per heavy atom. The lowest BCUT2D eigenvalue weighted by molar-refractivity contribution is -0.138. The van der Waals surface area contributed by atoms with Crippen LogP contribution in [-0.2, 0) is 4.79 Å². The third-order valence-corrected chi connectivity index (χ3v) is 2.39. The van der Waals surface area contributed by atoms with Gasteiger partial charge in [0.15, 0.2) is 0 Å². The number of halogens is 1. The first-order chi connectivity index (χ1) is 6.99. The van der Waals surface area contributed by atoms with Crippen molar-refractivity contribution in [2.24, 2.45) is 0 Å². The topological polar surface area (TPSA) is 61.1 Å². The average molecular weight is 207 g/mol. The molecule has 78 valence electrons. The molecule has 1 unspecified atom stereocenters. The van der Waals surface area contributed by atoms with Crippen LogP contribution in [0.2, 0.25) is 0 Å². The van der Waals surface area contributed by atoms with Crippen molar-refractivity contribution in [2.75, 3.05) is 0 Å². The summed E-state index contributed by atoms with van der Waals surface area (Å²) < 4.78 is 13.5. The summed E-state index contributed by atoms with van der Waals surface area (Å²) in [5.41, 5.74) is 0.566. The molecule has 1 N–H and O–H groups in total. The lowest BCUT2D eigenvalue weighted by atomic mass is 9.94. The van der Waals surface area contributed by atoms with E-state index in [1.165, 1.54) is 26.0 Å². The van der Waals surface area contributed by atoms with Crippen LogP contribution in [0.1, 0.15) is 29.5 Å². The zero-order chi connectivity index (χ0) is 11.6. The number of rotatable bonds is 2. The van der Waals surface area contributed by atoms with E-state index in [9.17, 15) is 9.18 Å². The van der Waals surface area contributed by atoms with Crippen LogP contribution in [0.25, 0.3) is 0 Å². The Labute approximate surface area is 86.8 Å². The average Bonchev–Trinajstić information content (AvgIpc) is 2.21. The molecule has 0 fully saturated rings. The molecule has 1 aromatic carbocycles. The number of nitriles is 1. The zero-order valence-electron chi connectivity index (χ0n) is 8.41.